The van der Waals surface area contributed by atoms with E-state index in [0.29, 0.717) is 0 Å². The standard InChI is InChI=1S/C28H34N2S/c1-4-7-19-29(22-25-13-9-8-10-14-25)28(31)30(26-17-11-15-23(5-2)20-26)27-18-12-16-24(6-3)21-27/h8-18,20-21H,4-7,19,22H2,1-3H3. The van der Waals surface area contributed by atoms with E-state index < -0.39 is 0 Å². The van der Waals surface area contributed by atoms with Gasteiger partial charge in [0, 0.05) is 24.5 Å². The van der Waals surface area contributed by atoms with E-state index in [1.165, 1.54) is 16.7 Å². The number of anilines is 2. The van der Waals surface area contributed by atoms with Gasteiger partial charge in [-0.05, 0) is 72.4 Å². The number of unbranched alkanes of at least 4 members (excludes halogenated alkanes) is 1. The topological polar surface area (TPSA) is 6.48 Å². The number of benzene rings is 3. The Bertz CT molecular complexity index is 920. The quantitative estimate of drug-likeness (QED) is 0.324. The zero-order valence-corrected chi connectivity index (χ0v) is 19.9. The van der Waals surface area contributed by atoms with Gasteiger partial charge in [0.05, 0.1) is 0 Å². The van der Waals surface area contributed by atoms with Crippen LogP contribution in [0.5, 0.6) is 0 Å². The summed E-state index contributed by atoms with van der Waals surface area (Å²) in [4.78, 5) is 4.61. The first-order valence-electron chi connectivity index (χ1n) is 11.5. The predicted octanol–water partition coefficient (Wildman–Crippen LogP) is 7.54. The molecule has 0 saturated heterocycles. The molecule has 0 radical (unpaired) electrons. The Morgan fingerprint density at radius 3 is 1.77 bits per heavy atom. The molecule has 0 saturated carbocycles. The second-order valence-corrected chi connectivity index (χ2v) is 8.29. The number of nitrogens with zero attached hydrogens (tertiary/aromatic N) is 2. The lowest BCUT2D eigenvalue weighted by molar-refractivity contribution is 0.404. The Morgan fingerprint density at radius 2 is 1.26 bits per heavy atom. The molecule has 31 heavy (non-hydrogen) atoms. The minimum atomic E-state index is 0.817. The molecule has 0 aliphatic carbocycles. The van der Waals surface area contributed by atoms with E-state index in [2.05, 4.69) is 109 Å². The SMILES string of the molecule is CCCCN(Cc1ccccc1)C(=S)N(c1cccc(CC)c1)c1cccc(CC)c1. The highest BCUT2D eigenvalue weighted by molar-refractivity contribution is 7.80. The van der Waals surface area contributed by atoms with Gasteiger partial charge in [0.2, 0.25) is 0 Å². The van der Waals surface area contributed by atoms with Gasteiger partial charge in [0.1, 0.15) is 0 Å². The molecular weight excluding hydrogens is 396 g/mol. The summed E-state index contributed by atoms with van der Waals surface area (Å²) in [7, 11) is 0. The highest BCUT2D eigenvalue weighted by Gasteiger charge is 2.21. The lowest BCUT2D eigenvalue weighted by Crippen LogP contribution is -2.41. The van der Waals surface area contributed by atoms with Gasteiger partial charge >= 0.3 is 0 Å². The van der Waals surface area contributed by atoms with E-state index in [0.717, 1.165) is 55.3 Å². The van der Waals surface area contributed by atoms with Gasteiger partial charge in [-0.3, -0.25) is 4.90 Å². The zero-order chi connectivity index (χ0) is 22.1. The lowest BCUT2D eigenvalue weighted by atomic mass is 10.1. The van der Waals surface area contributed by atoms with Crippen molar-refractivity contribution < 1.29 is 0 Å². The van der Waals surface area contributed by atoms with Crippen LogP contribution in [-0.2, 0) is 19.4 Å². The highest BCUT2D eigenvalue weighted by atomic mass is 32.1. The third-order valence-electron chi connectivity index (χ3n) is 5.61. The van der Waals surface area contributed by atoms with Crippen LogP contribution in [0.1, 0.15) is 50.3 Å². The number of thiocarbonyl (C=S) groups is 1. The Balaban J connectivity index is 2.03. The van der Waals surface area contributed by atoms with Crippen LogP contribution in [0.3, 0.4) is 0 Å². The summed E-state index contributed by atoms with van der Waals surface area (Å²) >= 11 is 6.18. The highest BCUT2D eigenvalue weighted by Crippen LogP contribution is 2.29. The molecule has 0 aromatic heterocycles. The number of hydrogen-bond acceptors (Lipinski definition) is 1. The number of rotatable bonds is 9. The molecule has 0 N–H and O–H groups in total. The first-order valence-corrected chi connectivity index (χ1v) is 11.9. The summed E-state index contributed by atoms with van der Waals surface area (Å²) in [5, 5.41) is 0.860. The summed E-state index contributed by atoms with van der Waals surface area (Å²) in [5.41, 5.74) is 6.19. The third-order valence-corrected chi connectivity index (χ3v) is 6.05. The van der Waals surface area contributed by atoms with Crippen molar-refractivity contribution in [3.05, 3.63) is 95.6 Å². The Kier molecular flexibility index (Phi) is 8.66. The Labute approximate surface area is 193 Å². The summed E-state index contributed by atoms with van der Waals surface area (Å²) in [6, 6.07) is 28.2. The van der Waals surface area contributed by atoms with Crippen LogP contribution in [0.15, 0.2) is 78.9 Å². The van der Waals surface area contributed by atoms with Gasteiger partial charge in [0.15, 0.2) is 5.11 Å². The molecule has 0 aliphatic heterocycles. The molecule has 0 aliphatic rings. The largest absolute Gasteiger partial charge is 0.344 e. The van der Waals surface area contributed by atoms with Gasteiger partial charge in [-0.25, -0.2) is 0 Å². The fraction of sp³-hybridized carbons (Fsp3) is 0.321. The van der Waals surface area contributed by atoms with Crippen LogP contribution < -0.4 is 4.90 Å². The zero-order valence-electron chi connectivity index (χ0n) is 19.1. The molecule has 0 heterocycles. The minimum absolute atomic E-state index is 0.817. The first-order chi connectivity index (χ1) is 15.2. The molecule has 3 rings (SSSR count). The van der Waals surface area contributed by atoms with Crippen molar-refractivity contribution >= 4 is 28.7 Å². The van der Waals surface area contributed by atoms with Gasteiger partial charge < -0.3 is 4.90 Å². The third kappa shape index (κ3) is 6.18. The molecule has 0 spiro atoms. The molecule has 3 aromatic rings. The summed E-state index contributed by atoms with van der Waals surface area (Å²) < 4.78 is 0. The van der Waals surface area contributed by atoms with E-state index in [1.54, 1.807) is 0 Å². The van der Waals surface area contributed by atoms with Gasteiger partial charge in [-0.1, -0.05) is 81.8 Å². The smallest absolute Gasteiger partial charge is 0.181 e. The van der Waals surface area contributed by atoms with Crippen molar-refractivity contribution in [3.8, 4) is 0 Å². The molecule has 162 valence electrons. The maximum atomic E-state index is 6.18. The lowest BCUT2D eigenvalue weighted by Gasteiger charge is -2.34. The van der Waals surface area contributed by atoms with Gasteiger partial charge in [-0.15, -0.1) is 0 Å². The van der Waals surface area contributed by atoms with E-state index in [-0.39, 0.29) is 0 Å². The number of hydrogen-bond donors (Lipinski definition) is 0. The van der Waals surface area contributed by atoms with Crippen LogP contribution in [0.2, 0.25) is 0 Å². The Morgan fingerprint density at radius 1 is 0.710 bits per heavy atom. The maximum Gasteiger partial charge on any atom is 0.181 e. The average Bonchev–Trinajstić information content (AvgIpc) is 2.82. The van der Waals surface area contributed by atoms with Crippen molar-refractivity contribution in [1.29, 1.82) is 0 Å². The van der Waals surface area contributed by atoms with E-state index >= 15 is 0 Å². The van der Waals surface area contributed by atoms with E-state index in [1.807, 2.05) is 0 Å². The van der Waals surface area contributed by atoms with Crippen LogP contribution in [0.25, 0.3) is 0 Å². The van der Waals surface area contributed by atoms with Gasteiger partial charge in [0.25, 0.3) is 0 Å². The van der Waals surface area contributed by atoms with Crippen molar-refractivity contribution in [2.45, 2.75) is 53.0 Å². The molecular formula is C28H34N2S. The van der Waals surface area contributed by atoms with E-state index in [9.17, 15) is 0 Å². The van der Waals surface area contributed by atoms with Crippen molar-refractivity contribution in [2.24, 2.45) is 0 Å². The first kappa shape index (κ1) is 23.0. The second-order valence-electron chi connectivity index (χ2n) is 7.93. The van der Waals surface area contributed by atoms with E-state index in [4.69, 9.17) is 12.2 Å². The monoisotopic (exact) mass is 430 g/mol. The molecule has 2 nitrogen and oxygen atoms in total. The fourth-order valence-electron chi connectivity index (χ4n) is 3.74. The molecule has 0 bridgehead atoms. The normalized spacial score (nSPS) is 10.7. The number of aryl methyl sites for hydroxylation is 2. The molecule has 0 unspecified atom stereocenters. The van der Waals surface area contributed by atoms with Crippen molar-refractivity contribution in [2.75, 3.05) is 11.4 Å². The Hall–Kier alpha value is -2.65. The van der Waals surface area contributed by atoms with Crippen molar-refractivity contribution in [1.82, 2.24) is 4.90 Å². The summed E-state index contributed by atoms with van der Waals surface area (Å²) in [6.07, 6.45) is 4.27. The summed E-state index contributed by atoms with van der Waals surface area (Å²) in [5.74, 6) is 0. The molecule has 3 aromatic carbocycles. The second kappa shape index (κ2) is 11.7. The molecule has 0 amide bonds. The predicted molar refractivity (Wildman–Crippen MR) is 138 cm³/mol. The van der Waals surface area contributed by atoms with Gasteiger partial charge in [-0.2, -0.15) is 0 Å². The molecule has 0 atom stereocenters. The molecule has 3 heteroatoms. The average molecular weight is 431 g/mol. The maximum absolute atomic E-state index is 6.18. The minimum Gasteiger partial charge on any atom is -0.344 e. The van der Waals surface area contributed by atoms with Crippen LogP contribution in [-0.4, -0.2) is 16.6 Å². The van der Waals surface area contributed by atoms with Crippen LogP contribution in [0.4, 0.5) is 11.4 Å². The van der Waals surface area contributed by atoms with Crippen LogP contribution >= 0.6 is 12.2 Å². The van der Waals surface area contributed by atoms with Crippen LogP contribution in [0, 0.1) is 0 Å². The van der Waals surface area contributed by atoms with Crippen molar-refractivity contribution in [3.63, 3.8) is 0 Å². The molecule has 0 fully saturated rings. The summed E-state index contributed by atoms with van der Waals surface area (Å²) in [6.45, 7) is 8.39. The fourth-order valence-corrected chi connectivity index (χ4v) is 4.10.